The van der Waals surface area contributed by atoms with Crippen LogP contribution in [-0.4, -0.2) is 34.5 Å². The van der Waals surface area contributed by atoms with Crippen molar-refractivity contribution in [2.24, 2.45) is 0 Å². The Morgan fingerprint density at radius 1 is 1.33 bits per heavy atom. The lowest BCUT2D eigenvalue weighted by atomic mass is 9.90. The van der Waals surface area contributed by atoms with E-state index < -0.39 is 30.0 Å². The van der Waals surface area contributed by atoms with Crippen LogP contribution in [0.4, 0.5) is 4.79 Å². The number of hydrogen-bond donors (Lipinski definition) is 2. The fraction of sp³-hybridized carbons (Fsp3) is 0.250. The molecule has 1 aromatic carbocycles. The first kappa shape index (κ1) is 12.1. The molecule has 2 rings (SSSR count). The Bertz CT molecular complexity index is 514. The third-order valence-corrected chi connectivity index (χ3v) is 3.08. The van der Waals surface area contributed by atoms with Gasteiger partial charge in [0.25, 0.3) is 5.91 Å². The van der Waals surface area contributed by atoms with Crippen molar-refractivity contribution >= 4 is 17.9 Å². The number of imide groups is 1. The van der Waals surface area contributed by atoms with Gasteiger partial charge in [-0.1, -0.05) is 30.3 Å². The minimum absolute atomic E-state index is 0.514. The van der Waals surface area contributed by atoms with Gasteiger partial charge >= 0.3 is 12.0 Å². The van der Waals surface area contributed by atoms with Gasteiger partial charge in [-0.05, 0) is 12.5 Å². The molecule has 1 unspecified atom stereocenters. The molecule has 0 saturated carbocycles. The van der Waals surface area contributed by atoms with Gasteiger partial charge in [0.2, 0.25) is 0 Å². The molecule has 0 spiro atoms. The molecule has 0 radical (unpaired) electrons. The first-order valence-corrected chi connectivity index (χ1v) is 5.36. The van der Waals surface area contributed by atoms with E-state index in [0.29, 0.717) is 5.56 Å². The molecule has 0 aromatic heterocycles. The summed E-state index contributed by atoms with van der Waals surface area (Å²) in [4.78, 5) is 35.4. The summed E-state index contributed by atoms with van der Waals surface area (Å²) in [5.74, 6) is -1.68. The van der Waals surface area contributed by atoms with Crippen LogP contribution < -0.4 is 5.32 Å². The summed E-state index contributed by atoms with van der Waals surface area (Å²) >= 11 is 0. The maximum Gasteiger partial charge on any atom is 0.325 e. The average Bonchev–Trinajstić information content (AvgIpc) is 2.55. The van der Waals surface area contributed by atoms with Gasteiger partial charge in [0, 0.05) is 0 Å². The largest absolute Gasteiger partial charge is 0.480 e. The number of nitrogens with one attached hydrogen (secondary N) is 1. The maximum absolute atomic E-state index is 11.9. The monoisotopic (exact) mass is 248 g/mol. The van der Waals surface area contributed by atoms with Crippen LogP contribution in [0.1, 0.15) is 12.5 Å². The molecule has 94 valence electrons. The van der Waals surface area contributed by atoms with E-state index in [1.165, 1.54) is 6.92 Å². The Hall–Kier alpha value is -2.37. The number of carbonyl (C=O) groups is 3. The summed E-state index contributed by atoms with van der Waals surface area (Å²) in [6, 6.07) is 7.93. The van der Waals surface area contributed by atoms with Crippen LogP contribution in [0.2, 0.25) is 0 Å². The number of carboxylic acid groups (broad SMARTS) is 1. The summed E-state index contributed by atoms with van der Waals surface area (Å²) in [5.41, 5.74) is -0.703. The lowest BCUT2D eigenvalue weighted by molar-refractivity contribution is -0.139. The van der Waals surface area contributed by atoms with Crippen molar-refractivity contribution in [2.75, 3.05) is 6.54 Å². The van der Waals surface area contributed by atoms with E-state index in [1.54, 1.807) is 30.3 Å². The molecular formula is C12H12N2O4. The maximum atomic E-state index is 11.9. The van der Waals surface area contributed by atoms with Gasteiger partial charge in [-0.15, -0.1) is 0 Å². The molecule has 1 fully saturated rings. The predicted molar refractivity (Wildman–Crippen MR) is 61.7 cm³/mol. The highest BCUT2D eigenvalue weighted by molar-refractivity contribution is 6.08. The summed E-state index contributed by atoms with van der Waals surface area (Å²) in [5, 5.41) is 11.0. The number of urea groups is 1. The van der Waals surface area contributed by atoms with Crippen LogP contribution in [0.3, 0.4) is 0 Å². The lowest BCUT2D eigenvalue weighted by Gasteiger charge is -2.30. The van der Waals surface area contributed by atoms with Crippen molar-refractivity contribution in [3.63, 3.8) is 0 Å². The highest BCUT2D eigenvalue weighted by atomic mass is 16.4. The zero-order valence-corrected chi connectivity index (χ0v) is 9.71. The number of carboxylic acids is 1. The summed E-state index contributed by atoms with van der Waals surface area (Å²) in [6.07, 6.45) is 0. The molecule has 0 aliphatic carbocycles. The van der Waals surface area contributed by atoms with Crippen molar-refractivity contribution in [1.29, 1.82) is 0 Å². The number of rotatable bonds is 3. The molecule has 6 heteroatoms. The standard InChI is InChI=1S/C12H12N2O4/c1-12(8-5-3-2-4-6-8)10(17)13-11(18)14(12)7-9(15)16/h2-6H,7H2,1H3,(H,15,16)(H,13,17,18). The summed E-state index contributed by atoms with van der Waals surface area (Å²) < 4.78 is 0. The Morgan fingerprint density at radius 2 is 1.94 bits per heavy atom. The normalized spacial score (nSPS) is 23.1. The molecule has 0 bridgehead atoms. The van der Waals surface area contributed by atoms with Gasteiger partial charge in [-0.3, -0.25) is 19.8 Å². The second kappa shape index (κ2) is 4.14. The van der Waals surface area contributed by atoms with Gasteiger partial charge in [-0.25, -0.2) is 4.79 Å². The minimum Gasteiger partial charge on any atom is -0.480 e. The van der Waals surface area contributed by atoms with E-state index >= 15 is 0 Å². The molecule has 1 aromatic rings. The number of hydrogen-bond acceptors (Lipinski definition) is 3. The van der Waals surface area contributed by atoms with Gasteiger partial charge in [-0.2, -0.15) is 0 Å². The number of aliphatic carboxylic acids is 1. The SMILES string of the molecule is CC1(c2ccccc2)C(=O)NC(=O)N1CC(=O)O. The molecule has 1 atom stereocenters. The minimum atomic E-state index is -1.28. The third kappa shape index (κ3) is 1.71. The Morgan fingerprint density at radius 3 is 2.50 bits per heavy atom. The van der Waals surface area contributed by atoms with Crippen LogP contribution in [0, 0.1) is 0 Å². The van der Waals surface area contributed by atoms with E-state index in [1.807, 2.05) is 0 Å². The van der Waals surface area contributed by atoms with Crippen LogP contribution >= 0.6 is 0 Å². The van der Waals surface area contributed by atoms with Crippen molar-refractivity contribution in [3.05, 3.63) is 35.9 Å². The zero-order chi connectivity index (χ0) is 13.3. The Balaban J connectivity index is 2.47. The van der Waals surface area contributed by atoms with Crippen molar-refractivity contribution in [3.8, 4) is 0 Å². The number of benzene rings is 1. The second-order valence-electron chi connectivity index (χ2n) is 4.18. The molecule has 1 aliphatic heterocycles. The van der Waals surface area contributed by atoms with E-state index in [-0.39, 0.29) is 0 Å². The number of nitrogens with zero attached hydrogens (tertiary/aromatic N) is 1. The topological polar surface area (TPSA) is 86.7 Å². The van der Waals surface area contributed by atoms with E-state index in [9.17, 15) is 14.4 Å². The van der Waals surface area contributed by atoms with Crippen molar-refractivity contribution < 1.29 is 19.5 Å². The van der Waals surface area contributed by atoms with Crippen molar-refractivity contribution in [2.45, 2.75) is 12.5 Å². The van der Waals surface area contributed by atoms with E-state index in [4.69, 9.17) is 5.11 Å². The predicted octanol–water partition coefficient (Wildman–Crippen LogP) is 0.538. The molecule has 1 saturated heterocycles. The molecule has 2 N–H and O–H groups in total. The molecule has 6 nitrogen and oxygen atoms in total. The van der Waals surface area contributed by atoms with Gasteiger partial charge < -0.3 is 5.11 Å². The number of carbonyl (C=O) groups excluding carboxylic acids is 2. The van der Waals surface area contributed by atoms with Gasteiger partial charge in [0.1, 0.15) is 12.1 Å². The highest BCUT2D eigenvalue weighted by Crippen LogP contribution is 2.32. The lowest BCUT2D eigenvalue weighted by Crippen LogP contribution is -2.46. The quantitative estimate of drug-likeness (QED) is 0.764. The third-order valence-electron chi connectivity index (χ3n) is 3.08. The Kier molecular flexibility index (Phi) is 2.78. The zero-order valence-electron chi connectivity index (χ0n) is 9.71. The molecule has 1 heterocycles. The van der Waals surface area contributed by atoms with E-state index in [2.05, 4.69) is 5.32 Å². The van der Waals surface area contributed by atoms with Gasteiger partial charge in [0.15, 0.2) is 0 Å². The smallest absolute Gasteiger partial charge is 0.325 e. The molecule has 18 heavy (non-hydrogen) atoms. The van der Waals surface area contributed by atoms with Crippen LogP contribution in [0.25, 0.3) is 0 Å². The van der Waals surface area contributed by atoms with E-state index in [0.717, 1.165) is 4.90 Å². The molecule has 1 aliphatic rings. The average molecular weight is 248 g/mol. The highest BCUT2D eigenvalue weighted by Gasteiger charge is 2.51. The van der Waals surface area contributed by atoms with Crippen LogP contribution in [0.15, 0.2) is 30.3 Å². The fourth-order valence-electron chi connectivity index (χ4n) is 2.03. The summed E-state index contributed by atoms with van der Waals surface area (Å²) in [6.45, 7) is 1.01. The Labute approximate surface area is 103 Å². The molecular weight excluding hydrogens is 236 g/mol. The number of amides is 3. The first-order chi connectivity index (χ1) is 8.46. The summed E-state index contributed by atoms with van der Waals surface area (Å²) in [7, 11) is 0. The van der Waals surface area contributed by atoms with Gasteiger partial charge in [0.05, 0.1) is 0 Å². The van der Waals surface area contributed by atoms with Crippen molar-refractivity contribution in [1.82, 2.24) is 10.2 Å². The first-order valence-electron chi connectivity index (χ1n) is 5.36. The second-order valence-corrected chi connectivity index (χ2v) is 4.18. The fourth-order valence-corrected chi connectivity index (χ4v) is 2.03. The molecule has 3 amide bonds. The van der Waals surface area contributed by atoms with Crippen LogP contribution in [-0.2, 0) is 15.1 Å². The van der Waals surface area contributed by atoms with Crippen LogP contribution in [0.5, 0.6) is 0 Å².